The Bertz CT molecular complexity index is 44.9. The number of rotatable bonds is 0. The lowest BCUT2D eigenvalue weighted by Gasteiger charge is -1.76. The molecule has 0 fully saturated rings. The average molecular weight is 87.1 g/mol. The molecule has 0 aliphatic carbocycles. The molecule has 27 valence electrons. The van der Waals surface area contributed by atoms with Gasteiger partial charge in [-0.15, -0.1) is 0 Å². The van der Waals surface area contributed by atoms with Gasteiger partial charge in [-0.3, -0.25) is 0 Å². The molecular formula is C3H3OS. The molecule has 0 aromatic heterocycles. The fraction of sp³-hybridized carbons (Fsp3) is 0.333. The van der Waals surface area contributed by atoms with Crippen LogP contribution < -0.4 is 0 Å². The highest BCUT2D eigenvalue weighted by atomic mass is 32.2. The van der Waals surface area contributed by atoms with Crippen LogP contribution in [0.2, 0.25) is 0 Å². The average Bonchev–Trinajstić information content (AvgIpc) is 1.76. The third-order valence-electron chi connectivity index (χ3n) is 0.342. The van der Waals surface area contributed by atoms with E-state index < -0.39 is 0 Å². The molecule has 1 nitrogen and oxygen atoms in total. The molecule has 5 heavy (non-hydrogen) atoms. The quantitative estimate of drug-likeness (QED) is 0.407. The maximum absolute atomic E-state index is 4.62. The summed E-state index contributed by atoms with van der Waals surface area (Å²) in [6.45, 7) is 0. The van der Waals surface area contributed by atoms with Gasteiger partial charge in [-0.05, 0) is 0 Å². The Kier molecular flexibility index (Phi) is 0.841. The SMILES string of the molecule is [C]1=COSC1. The van der Waals surface area contributed by atoms with Gasteiger partial charge in [-0.2, -0.15) is 0 Å². The van der Waals surface area contributed by atoms with E-state index >= 15 is 0 Å². The van der Waals surface area contributed by atoms with E-state index in [2.05, 4.69) is 10.3 Å². The molecule has 0 bridgehead atoms. The van der Waals surface area contributed by atoms with Gasteiger partial charge in [-0.1, -0.05) is 0 Å². The summed E-state index contributed by atoms with van der Waals surface area (Å²) in [5.74, 6) is 0.889. The molecular weight excluding hydrogens is 84.1 g/mol. The molecule has 0 saturated carbocycles. The van der Waals surface area contributed by atoms with E-state index in [0.29, 0.717) is 0 Å². The molecule has 1 heterocycles. The second kappa shape index (κ2) is 1.36. The van der Waals surface area contributed by atoms with Crippen LogP contribution >= 0.6 is 12.0 Å². The molecule has 0 saturated heterocycles. The summed E-state index contributed by atoms with van der Waals surface area (Å²) < 4.78 is 4.62. The lowest BCUT2D eigenvalue weighted by atomic mass is 10.7. The monoisotopic (exact) mass is 87.0 g/mol. The number of hydrogen-bond acceptors (Lipinski definition) is 2. The molecule has 1 radical (unpaired) electrons. The molecule has 0 amide bonds. The molecule has 2 heteroatoms. The van der Waals surface area contributed by atoms with Crippen LogP contribution in [0.3, 0.4) is 0 Å². The molecule has 0 atom stereocenters. The lowest BCUT2D eigenvalue weighted by Crippen LogP contribution is -1.51. The second-order valence-corrected chi connectivity index (χ2v) is 1.40. The minimum atomic E-state index is 0.889. The molecule has 0 aromatic rings. The van der Waals surface area contributed by atoms with Gasteiger partial charge in [-0.25, -0.2) is 0 Å². The van der Waals surface area contributed by atoms with Crippen LogP contribution in [0.25, 0.3) is 0 Å². The Hall–Kier alpha value is -0.110. The van der Waals surface area contributed by atoms with Crippen molar-refractivity contribution in [2.45, 2.75) is 0 Å². The first kappa shape index (κ1) is 3.09. The van der Waals surface area contributed by atoms with Gasteiger partial charge in [0.25, 0.3) is 0 Å². The van der Waals surface area contributed by atoms with Crippen molar-refractivity contribution in [1.29, 1.82) is 0 Å². The van der Waals surface area contributed by atoms with Crippen molar-refractivity contribution in [3.8, 4) is 0 Å². The van der Waals surface area contributed by atoms with Crippen LogP contribution in [0.4, 0.5) is 0 Å². The molecule has 0 unspecified atom stereocenters. The third kappa shape index (κ3) is 0.581. The molecule has 0 spiro atoms. The van der Waals surface area contributed by atoms with Gasteiger partial charge < -0.3 is 4.18 Å². The zero-order valence-corrected chi connectivity index (χ0v) is 3.42. The predicted molar refractivity (Wildman–Crippen MR) is 21.4 cm³/mol. The minimum absolute atomic E-state index is 0.889. The van der Waals surface area contributed by atoms with E-state index in [-0.39, 0.29) is 0 Å². The van der Waals surface area contributed by atoms with Crippen LogP contribution in [-0.2, 0) is 4.18 Å². The first-order valence-corrected chi connectivity index (χ1v) is 2.24. The van der Waals surface area contributed by atoms with E-state index in [9.17, 15) is 0 Å². The van der Waals surface area contributed by atoms with Crippen molar-refractivity contribution in [3.05, 3.63) is 12.3 Å². The lowest BCUT2D eigenvalue weighted by molar-refractivity contribution is 0.577. The molecule has 1 aliphatic heterocycles. The van der Waals surface area contributed by atoms with Crippen molar-refractivity contribution in [2.24, 2.45) is 0 Å². The van der Waals surface area contributed by atoms with Gasteiger partial charge in [0.15, 0.2) is 0 Å². The zero-order valence-electron chi connectivity index (χ0n) is 2.60. The highest BCUT2D eigenvalue weighted by Gasteiger charge is 1.87. The minimum Gasteiger partial charge on any atom is -0.433 e. The van der Waals surface area contributed by atoms with Crippen LogP contribution in [0.5, 0.6) is 0 Å². The van der Waals surface area contributed by atoms with Gasteiger partial charge in [0.1, 0.15) is 6.26 Å². The van der Waals surface area contributed by atoms with Gasteiger partial charge >= 0.3 is 0 Å². The number of hydrogen-bond donors (Lipinski definition) is 0. The Morgan fingerprint density at radius 2 is 3.00 bits per heavy atom. The first-order valence-electron chi connectivity index (χ1n) is 1.33. The fourth-order valence-corrected chi connectivity index (χ4v) is 0.510. The summed E-state index contributed by atoms with van der Waals surface area (Å²) in [5, 5.41) is 0. The Labute approximate surface area is 35.2 Å². The van der Waals surface area contributed by atoms with Crippen LogP contribution in [0.15, 0.2) is 6.26 Å². The van der Waals surface area contributed by atoms with Crippen LogP contribution in [0, 0.1) is 6.08 Å². The van der Waals surface area contributed by atoms with E-state index in [1.54, 1.807) is 6.26 Å². The molecule has 0 N–H and O–H groups in total. The van der Waals surface area contributed by atoms with Crippen molar-refractivity contribution < 1.29 is 4.18 Å². The topological polar surface area (TPSA) is 9.23 Å². The highest BCUT2D eigenvalue weighted by Crippen LogP contribution is 2.07. The Morgan fingerprint density at radius 3 is 3.20 bits per heavy atom. The summed E-state index contributed by atoms with van der Waals surface area (Å²) >= 11 is 1.41. The highest BCUT2D eigenvalue weighted by molar-refractivity contribution is 7.95. The molecule has 0 aromatic carbocycles. The van der Waals surface area contributed by atoms with Crippen molar-refractivity contribution in [1.82, 2.24) is 0 Å². The van der Waals surface area contributed by atoms with E-state index in [1.807, 2.05) is 0 Å². The largest absolute Gasteiger partial charge is 0.433 e. The van der Waals surface area contributed by atoms with Crippen molar-refractivity contribution in [3.63, 3.8) is 0 Å². The summed E-state index contributed by atoms with van der Waals surface area (Å²) in [6.07, 6.45) is 4.41. The van der Waals surface area contributed by atoms with Crippen molar-refractivity contribution >= 4 is 12.0 Å². The Balaban J connectivity index is 2.32. The van der Waals surface area contributed by atoms with E-state index in [0.717, 1.165) is 5.75 Å². The predicted octanol–water partition coefficient (Wildman–Crippen LogP) is 0.982. The zero-order chi connectivity index (χ0) is 3.54. The maximum Gasteiger partial charge on any atom is 0.106 e. The summed E-state index contributed by atoms with van der Waals surface area (Å²) in [7, 11) is 0. The van der Waals surface area contributed by atoms with Crippen LogP contribution in [-0.4, -0.2) is 5.75 Å². The normalized spacial score (nSPS) is 19.2. The standard InChI is InChI=1S/C3H3OS/c1-2-4-5-3-1/h2H,3H2. The summed E-state index contributed by atoms with van der Waals surface area (Å²) in [4.78, 5) is 0. The fourth-order valence-electron chi connectivity index (χ4n) is 0.170. The molecule has 1 rings (SSSR count). The summed E-state index contributed by atoms with van der Waals surface area (Å²) in [5.41, 5.74) is 0. The first-order chi connectivity index (χ1) is 2.50. The van der Waals surface area contributed by atoms with Crippen LogP contribution in [0.1, 0.15) is 0 Å². The second-order valence-electron chi connectivity index (χ2n) is 0.680. The Morgan fingerprint density at radius 1 is 2.00 bits per heavy atom. The van der Waals surface area contributed by atoms with Crippen molar-refractivity contribution in [2.75, 3.05) is 5.75 Å². The molecule has 1 aliphatic rings. The maximum atomic E-state index is 4.62. The summed E-state index contributed by atoms with van der Waals surface area (Å²) in [6, 6.07) is 0. The van der Waals surface area contributed by atoms with Gasteiger partial charge in [0.05, 0.1) is 17.8 Å². The van der Waals surface area contributed by atoms with Gasteiger partial charge in [0.2, 0.25) is 0 Å². The van der Waals surface area contributed by atoms with Gasteiger partial charge in [0, 0.05) is 6.08 Å². The van der Waals surface area contributed by atoms with E-state index in [1.165, 1.54) is 12.0 Å². The smallest absolute Gasteiger partial charge is 0.106 e. The van der Waals surface area contributed by atoms with E-state index in [4.69, 9.17) is 0 Å². The third-order valence-corrected chi connectivity index (χ3v) is 0.859.